The van der Waals surface area contributed by atoms with Crippen LogP contribution >= 0.6 is 11.6 Å². The van der Waals surface area contributed by atoms with Gasteiger partial charge in [0, 0.05) is 25.9 Å². The van der Waals surface area contributed by atoms with Gasteiger partial charge in [-0.25, -0.2) is 0 Å². The largest absolute Gasteiger partial charge is 0.469 e. The highest BCUT2D eigenvalue weighted by Gasteiger charge is 2.31. The molecule has 0 bridgehead atoms. The van der Waals surface area contributed by atoms with E-state index in [-0.39, 0.29) is 5.91 Å². The number of amides is 2. The van der Waals surface area contributed by atoms with Crippen LogP contribution in [-0.4, -0.2) is 27.8 Å². The Morgan fingerprint density at radius 3 is 2.59 bits per heavy atom. The van der Waals surface area contributed by atoms with Gasteiger partial charge in [0.05, 0.1) is 34.8 Å². The molecule has 0 atom stereocenters. The van der Waals surface area contributed by atoms with Gasteiger partial charge in [-0.3, -0.25) is 9.59 Å². The molecule has 29 heavy (non-hydrogen) atoms. The Labute approximate surface area is 173 Å². The molecule has 7 heteroatoms. The topological polar surface area (TPSA) is 81.5 Å². The fraction of sp³-hybridized carbons (Fsp3) is 0.273. The Bertz CT molecular complexity index is 1030. The Balaban J connectivity index is 1.55. The lowest BCUT2D eigenvalue weighted by Gasteiger charge is -2.30. The standard InChI is InChI=1S/C22H22ClN3O3/c23-20-19(22(24)28)17-14-25(18(27)10-4-8-16-9-5-13-29-16)11-12-26(17)21(20)15-6-2-1-3-7-15/h1-3,5-7,9,13H,4,8,10-12,14H2,(H2,24,28). The van der Waals surface area contributed by atoms with Crippen LogP contribution in [0.3, 0.4) is 0 Å². The first kappa shape index (κ1) is 19.3. The van der Waals surface area contributed by atoms with Crippen LogP contribution in [0.15, 0.2) is 53.1 Å². The number of aromatic nitrogens is 1. The summed E-state index contributed by atoms with van der Waals surface area (Å²) >= 11 is 6.58. The van der Waals surface area contributed by atoms with Crippen LogP contribution in [0.2, 0.25) is 5.02 Å². The minimum absolute atomic E-state index is 0.0526. The summed E-state index contributed by atoms with van der Waals surface area (Å²) in [5, 5.41) is 0.353. The Hall–Kier alpha value is -2.99. The molecule has 1 aliphatic rings. The van der Waals surface area contributed by atoms with Crippen LogP contribution in [0, 0.1) is 0 Å². The summed E-state index contributed by atoms with van der Waals surface area (Å²) in [6, 6.07) is 13.4. The van der Waals surface area contributed by atoms with Crippen LogP contribution in [0.25, 0.3) is 11.3 Å². The molecule has 4 rings (SSSR count). The number of carbonyl (C=O) groups excluding carboxylic acids is 2. The van der Waals surface area contributed by atoms with E-state index in [9.17, 15) is 9.59 Å². The second-order valence-electron chi connectivity index (χ2n) is 7.11. The summed E-state index contributed by atoms with van der Waals surface area (Å²) in [5.74, 6) is 0.352. The van der Waals surface area contributed by atoms with Gasteiger partial charge < -0.3 is 19.6 Å². The number of primary amides is 1. The van der Waals surface area contributed by atoms with E-state index in [4.69, 9.17) is 21.8 Å². The van der Waals surface area contributed by atoms with Gasteiger partial charge in [-0.05, 0) is 24.1 Å². The normalized spacial score (nSPS) is 13.3. The molecular weight excluding hydrogens is 390 g/mol. The first-order valence-electron chi connectivity index (χ1n) is 9.62. The lowest BCUT2D eigenvalue weighted by molar-refractivity contribution is -0.132. The molecule has 2 aromatic heterocycles. The van der Waals surface area contributed by atoms with Gasteiger partial charge in [0.15, 0.2) is 0 Å². The second kappa shape index (κ2) is 8.17. The average Bonchev–Trinajstić information content (AvgIpc) is 3.33. The third-order valence-electron chi connectivity index (χ3n) is 5.29. The van der Waals surface area contributed by atoms with Crippen LogP contribution in [0.5, 0.6) is 0 Å². The molecule has 0 saturated carbocycles. The monoisotopic (exact) mass is 411 g/mol. The molecule has 0 fully saturated rings. The van der Waals surface area contributed by atoms with Crippen molar-refractivity contribution in [1.82, 2.24) is 9.47 Å². The van der Waals surface area contributed by atoms with E-state index in [1.165, 1.54) is 0 Å². The highest BCUT2D eigenvalue weighted by molar-refractivity contribution is 6.36. The van der Waals surface area contributed by atoms with E-state index in [0.717, 1.165) is 23.4 Å². The van der Waals surface area contributed by atoms with Crippen molar-refractivity contribution in [2.75, 3.05) is 6.54 Å². The summed E-state index contributed by atoms with van der Waals surface area (Å²) < 4.78 is 7.33. The summed E-state index contributed by atoms with van der Waals surface area (Å²) in [5.41, 5.74) is 8.34. The summed E-state index contributed by atoms with van der Waals surface area (Å²) in [6.07, 6.45) is 3.49. The molecule has 3 heterocycles. The molecule has 0 radical (unpaired) electrons. The summed E-state index contributed by atoms with van der Waals surface area (Å²) in [6.45, 7) is 1.45. The van der Waals surface area contributed by atoms with Gasteiger partial charge in [0.2, 0.25) is 5.91 Å². The first-order valence-corrected chi connectivity index (χ1v) is 10.00. The predicted molar refractivity (Wildman–Crippen MR) is 110 cm³/mol. The Kier molecular flexibility index (Phi) is 5.45. The van der Waals surface area contributed by atoms with Crippen LogP contribution in [0.4, 0.5) is 0 Å². The van der Waals surface area contributed by atoms with Gasteiger partial charge in [-0.2, -0.15) is 0 Å². The number of hydrogen-bond donors (Lipinski definition) is 1. The number of hydrogen-bond acceptors (Lipinski definition) is 3. The zero-order chi connectivity index (χ0) is 20.4. The van der Waals surface area contributed by atoms with Gasteiger partial charge in [-0.1, -0.05) is 41.9 Å². The summed E-state index contributed by atoms with van der Waals surface area (Å²) in [4.78, 5) is 26.6. The molecule has 6 nitrogen and oxygen atoms in total. The van der Waals surface area contributed by atoms with E-state index in [2.05, 4.69) is 0 Å². The number of benzene rings is 1. The molecule has 0 aliphatic carbocycles. The quantitative estimate of drug-likeness (QED) is 0.668. The van der Waals surface area contributed by atoms with E-state index in [1.807, 2.05) is 47.0 Å². The second-order valence-corrected chi connectivity index (χ2v) is 7.49. The average molecular weight is 412 g/mol. The van der Waals surface area contributed by atoms with Crippen LogP contribution in [0.1, 0.15) is 34.7 Å². The fourth-order valence-corrected chi connectivity index (χ4v) is 4.31. The molecular formula is C22H22ClN3O3. The third-order valence-corrected chi connectivity index (χ3v) is 5.65. The molecule has 2 N–H and O–H groups in total. The van der Waals surface area contributed by atoms with Crippen LogP contribution in [-0.2, 0) is 24.3 Å². The van der Waals surface area contributed by atoms with E-state index >= 15 is 0 Å². The summed E-state index contributed by atoms with van der Waals surface area (Å²) in [7, 11) is 0. The maximum Gasteiger partial charge on any atom is 0.252 e. The number of aryl methyl sites for hydroxylation is 1. The molecule has 150 valence electrons. The van der Waals surface area contributed by atoms with Gasteiger partial charge >= 0.3 is 0 Å². The van der Waals surface area contributed by atoms with Crippen molar-refractivity contribution < 1.29 is 14.0 Å². The number of fused-ring (bicyclic) bond motifs is 1. The number of rotatable bonds is 6. The van der Waals surface area contributed by atoms with Crippen molar-refractivity contribution in [3.05, 3.63) is 70.8 Å². The molecule has 0 spiro atoms. The van der Waals surface area contributed by atoms with Gasteiger partial charge in [-0.15, -0.1) is 0 Å². The van der Waals surface area contributed by atoms with E-state index in [0.29, 0.717) is 48.8 Å². The lowest BCUT2D eigenvalue weighted by atomic mass is 10.1. The number of nitrogens with zero attached hydrogens (tertiary/aromatic N) is 2. The van der Waals surface area contributed by atoms with E-state index in [1.54, 1.807) is 11.2 Å². The predicted octanol–water partition coefficient (Wildman–Crippen LogP) is 3.87. The van der Waals surface area contributed by atoms with Crippen molar-refractivity contribution in [3.63, 3.8) is 0 Å². The molecule has 1 aliphatic heterocycles. The van der Waals surface area contributed by atoms with Crippen LogP contribution < -0.4 is 5.73 Å². The highest BCUT2D eigenvalue weighted by atomic mass is 35.5. The number of nitrogens with two attached hydrogens (primary N) is 1. The number of carbonyl (C=O) groups is 2. The zero-order valence-corrected chi connectivity index (χ0v) is 16.7. The fourth-order valence-electron chi connectivity index (χ4n) is 3.89. The minimum Gasteiger partial charge on any atom is -0.469 e. The highest BCUT2D eigenvalue weighted by Crippen LogP contribution is 2.37. The zero-order valence-electron chi connectivity index (χ0n) is 15.9. The van der Waals surface area contributed by atoms with Gasteiger partial charge in [0.1, 0.15) is 5.76 Å². The van der Waals surface area contributed by atoms with E-state index < -0.39 is 5.91 Å². The maximum atomic E-state index is 12.7. The van der Waals surface area contributed by atoms with Crippen molar-refractivity contribution >= 4 is 23.4 Å². The molecule has 1 aromatic carbocycles. The van der Waals surface area contributed by atoms with Gasteiger partial charge in [0.25, 0.3) is 5.91 Å². The molecule has 3 aromatic rings. The third kappa shape index (κ3) is 3.80. The first-order chi connectivity index (χ1) is 14.1. The van der Waals surface area contributed by atoms with Crippen molar-refractivity contribution in [1.29, 1.82) is 0 Å². The smallest absolute Gasteiger partial charge is 0.252 e. The van der Waals surface area contributed by atoms with Crippen molar-refractivity contribution in [2.45, 2.75) is 32.4 Å². The Morgan fingerprint density at radius 2 is 1.90 bits per heavy atom. The minimum atomic E-state index is -0.576. The van der Waals surface area contributed by atoms with Crippen molar-refractivity contribution in [2.24, 2.45) is 5.73 Å². The SMILES string of the molecule is NC(=O)c1c(Cl)c(-c2ccccc2)n2c1CN(C(=O)CCCc1ccco1)CC2. The molecule has 0 saturated heterocycles. The number of furan rings is 1. The number of halogens is 1. The molecule has 2 amide bonds. The molecule has 0 unspecified atom stereocenters. The maximum absolute atomic E-state index is 12.7. The Morgan fingerprint density at radius 1 is 1.10 bits per heavy atom. The van der Waals surface area contributed by atoms with Crippen molar-refractivity contribution in [3.8, 4) is 11.3 Å². The lowest BCUT2D eigenvalue weighted by Crippen LogP contribution is -2.39.